The fourth-order valence-electron chi connectivity index (χ4n) is 3.19. The fourth-order valence-corrected chi connectivity index (χ4v) is 3.33. The number of rotatable bonds is 2. The third-order valence-electron chi connectivity index (χ3n) is 4.87. The number of aryl methyl sites for hydroxylation is 1. The number of nitrogens with zero attached hydrogens (tertiary/aromatic N) is 2. The molecule has 0 radical (unpaired) electrons. The van der Waals surface area contributed by atoms with Gasteiger partial charge in [-0.15, -0.1) is 0 Å². The number of carbonyl (C=O) groups excluding carboxylic acids is 3. The van der Waals surface area contributed by atoms with E-state index in [0.29, 0.717) is 11.3 Å². The molecule has 1 amide bonds. The highest BCUT2D eigenvalue weighted by molar-refractivity contribution is 6.31. The maximum absolute atomic E-state index is 14.3. The topological polar surface area (TPSA) is 57.7 Å². The molecule has 0 aromatic heterocycles. The van der Waals surface area contributed by atoms with Crippen molar-refractivity contribution in [2.75, 3.05) is 32.1 Å². The lowest BCUT2D eigenvalue weighted by Crippen LogP contribution is -2.28. The normalized spacial score (nSPS) is 11.8. The van der Waals surface area contributed by atoms with Crippen LogP contribution in [-0.2, 0) is 9.59 Å². The van der Waals surface area contributed by atoms with Crippen molar-refractivity contribution in [1.29, 1.82) is 0 Å². The van der Waals surface area contributed by atoms with Crippen LogP contribution in [0.2, 0.25) is 5.02 Å². The molecule has 3 rings (SSSR count). The molecule has 1 aliphatic heterocycles. The van der Waals surface area contributed by atoms with Gasteiger partial charge in [0.1, 0.15) is 19.4 Å². The van der Waals surface area contributed by atoms with E-state index in [4.69, 9.17) is 21.2 Å². The monoisotopic (exact) mass is 524 g/mol. The van der Waals surface area contributed by atoms with Crippen LogP contribution in [0.25, 0.3) is 0 Å². The van der Waals surface area contributed by atoms with Crippen LogP contribution in [-0.4, -0.2) is 51.6 Å². The van der Waals surface area contributed by atoms with E-state index in [1.54, 1.807) is 26.2 Å². The van der Waals surface area contributed by atoms with E-state index < -0.39 is 0 Å². The van der Waals surface area contributed by atoms with Crippen molar-refractivity contribution in [3.63, 3.8) is 0 Å². The minimum absolute atomic E-state index is 0.164. The van der Waals surface area contributed by atoms with Crippen LogP contribution >= 0.6 is 11.6 Å². The van der Waals surface area contributed by atoms with Crippen LogP contribution < -0.4 is 4.90 Å². The molecule has 0 atom stereocenters. The highest BCUT2D eigenvalue weighted by atomic mass is 35.5. The summed E-state index contributed by atoms with van der Waals surface area (Å²) >= 11 is 5.71. The lowest BCUT2D eigenvalue weighted by Gasteiger charge is -2.27. The summed E-state index contributed by atoms with van der Waals surface area (Å²) in [5.41, 5.74) is 2.17. The number of carbonyl (C=O) groups is 3. The Bertz CT molecular complexity index is 788. The number of anilines is 1. The summed E-state index contributed by atoms with van der Waals surface area (Å²) in [5.74, 6) is -0.457. The maximum Gasteiger partial charge on any atom is 0.253 e. The largest absolute Gasteiger partial charge is 0.369 e. The van der Waals surface area contributed by atoms with Gasteiger partial charge < -0.3 is 19.4 Å². The predicted molar refractivity (Wildman–Crippen MR) is 153 cm³/mol. The van der Waals surface area contributed by atoms with E-state index in [-0.39, 0.29) is 11.7 Å². The van der Waals surface area contributed by atoms with Crippen LogP contribution in [0, 0.1) is 12.7 Å². The van der Waals surface area contributed by atoms with Gasteiger partial charge in [-0.1, -0.05) is 76.8 Å². The molecule has 0 bridgehead atoms. The third kappa shape index (κ3) is 15.3. The second-order valence-electron chi connectivity index (χ2n) is 7.37. The van der Waals surface area contributed by atoms with Gasteiger partial charge in [0, 0.05) is 37.8 Å². The molecule has 0 N–H and O–H groups in total. The van der Waals surface area contributed by atoms with Crippen molar-refractivity contribution < 1.29 is 18.8 Å². The van der Waals surface area contributed by atoms with Gasteiger partial charge in [0.25, 0.3) is 5.91 Å². The van der Waals surface area contributed by atoms with Crippen molar-refractivity contribution in [1.82, 2.24) is 4.90 Å². The molecule has 2 aromatic rings. The van der Waals surface area contributed by atoms with Crippen molar-refractivity contribution in [2.45, 2.75) is 66.7 Å². The zero-order valence-corrected chi connectivity index (χ0v) is 24.0. The number of halogens is 2. The highest BCUT2D eigenvalue weighted by Gasteiger charge is 2.16. The first-order chi connectivity index (χ1) is 17.4. The Labute approximate surface area is 223 Å². The van der Waals surface area contributed by atoms with Gasteiger partial charge in [-0.05, 0) is 49.6 Å². The van der Waals surface area contributed by atoms with Gasteiger partial charge in [-0.25, -0.2) is 4.39 Å². The van der Waals surface area contributed by atoms with E-state index in [0.717, 1.165) is 36.5 Å². The molecule has 204 valence electrons. The number of benzene rings is 2. The predicted octanol–water partition coefficient (Wildman–Crippen LogP) is 7.63. The molecule has 0 unspecified atom stereocenters. The summed E-state index contributed by atoms with van der Waals surface area (Å²) in [6.45, 7) is 15.8. The van der Waals surface area contributed by atoms with Crippen molar-refractivity contribution in [3.8, 4) is 0 Å². The van der Waals surface area contributed by atoms with Gasteiger partial charge in [-0.3, -0.25) is 4.79 Å². The third-order valence-corrected chi connectivity index (χ3v) is 5.30. The zero-order valence-electron chi connectivity index (χ0n) is 23.3. The summed E-state index contributed by atoms with van der Waals surface area (Å²) in [6, 6.07) is 12.6. The Morgan fingerprint density at radius 1 is 0.861 bits per heavy atom. The SMILES string of the molecule is C=O.C=O.CC.CC.CN(C)C(=O)c1ccc(N2CCCCCCC2)c(F)c1.Cc1ccccc1Cl. The second-order valence-corrected chi connectivity index (χ2v) is 7.78. The van der Waals surface area contributed by atoms with Crippen molar-refractivity contribution in [2.24, 2.45) is 0 Å². The zero-order chi connectivity index (χ0) is 28.5. The Hall–Kier alpha value is -2.73. The van der Waals surface area contributed by atoms with Gasteiger partial charge in [0.15, 0.2) is 0 Å². The van der Waals surface area contributed by atoms with Crippen LogP contribution in [0.3, 0.4) is 0 Å². The van der Waals surface area contributed by atoms with E-state index >= 15 is 0 Å². The average Bonchev–Trinajstić information content (AvgIpc) is 2.91. The lowest BCUT2D eigenvalue weighted by atomic mass is 10.1. The number of amides is 1. The van der Waals surface area contributed by atoms with Crippen molar-refractivity contribution in [3.05, 3.63) is 64.4 Å². The summed E-state index contributed by atoms with van der Waals surface area (Å²) in [5, 5.41) is 0.840. The summed E-state index contributed by atoms with van der Waals surface area (Å²) in [7, 11) is 3.35. The first kappa shape index (κ1) is 37.8. The average molecular weight is 525 g/mol. The smallest absolute Gasteiger partial charge is 0.253 e. The molecule has 1 fully saturated rings. The molecule has 1 saturated heterocycles. The van der Waals surface area contributed by atoms with E-state index in [1.807, 2.05) is 72.5 Å². The molecular formula is C29H46ClFN2O3. The molecule has 0 saturated carbocycles. The highest BCUT2D eigenvalue weighted by Crippen LogP contribution is 2.24. The van der Waals surface area contributed by atoms with Crippen LogP contribution in [0.4, 0.5) is 10.1 Å². The molecule has 36 heavy (non-hydrogen) atoms. The molecule has 1 aliphatic rings. The first-order valence-corrected chi connectivity index (χ1v) is 12.8. The number of hydrogen-bond acceptors (Lipinski definition) is 4. The number of hydrogen-bond donors (Lipinski definition) is 0. The minimum Gasteiger partial charge on any atom is -0.369 e. The Morgan fingerprint density at radius 3 is 1.72 bits per heavy atom. The quantitative estimate of drug-likeness (QED) is 0.405. The first-order valence-electron chi connectivity index (χ1n) is 12.4. The Morgan fingerprint density at radius 2 is 1.33 bits per heavy atom. The molecule has 0 spiro atoms. The molecule has 7 heteroatoms. The van der Waals surface area contributed by atoms with Crippen LogP contribution in [0.5, 0.6) is 0 Å². The molecule has 1 heterocycles. The summed E-state index contributed by atoms with van der Waals surface area (Å²) in [4.78, 5) is 31.4. The Balaban J connectivity index is -0.000000566. The van der Waals surface area contributed by atoms with Gasteiger partial charge in [-0.2, -0.15) is 0 Å². The second kappa shape index (κ2) is 25.4. The standard InChI is InChI=1S/C16H23FN2O.C7H7Cl.2C2H6.2CH2O/c1-18(2)16(20)13-8-9-15(14(17)12-13)19-10-6-4-3-5-7-11-19;1-6-4-2-3-5-7(6)8;4*1-2/h8-9,12H,3-7,10-11H2,1-2H3;2-5H,1H3;2*1-2H3;2*1H2. The van der Waals surface area contributed by atoms with Crippen molar-refractivity contribution >= 4 is 36.8 Å². The van der Waals surface area contributed by atoms with Gasteiger partial charge >= 0.3 is 0 Å². The van der Waals surface area contributed by atoms with Gasteiger partial charge in [0.2, 0.25) is 0 Å². The van der Waals surface area contributed by atoms with E-state index in [9.17, 15) is 9.18 Å². The summed E-state index contributed by atoms with van der Waals surface area (Å²) < 4.78 is 14.3. The molecule has 0 aliphatic carbocycles. The molecule has 2 aromatic carbocycles. The van der Waals surface area contributed by atoms with E-state index in [2.05, 4.69) is 4.90 Å². The maximum atomic E-state index is 14.3. The molecule has 5 nitrogen and oxygen atoms in total. The van der Waals surface area contributed by atoms with Crippen LogP contribution in [0.15, 0.2) is 42.5 Å². The van der Waals surface area contributed by atoms with E-state index in [1.165, 1.54) is 30.2 Å². The Kier molecular flexibility index (Phi) is 26.6. The minimum atomic E-state index is -0.293. The van der Waals surface area contributed by atoms with Gasteiger partial charge in [0.05, 0.1) is 5.69 Å². The lowest BCUT2D eigenvalue weighted by molar-refractivity contribution is -0.0987. The van der Waals surface area contributed by atoms with Crippen LogP contribution in [0.1, 0.15) is 75.7 Å². The summed E-state index contributed by atoms with van der Waals surface area (Å²) in [6.07, 6.45) is 5.94. The fraction of sp³-hybridized carbons (Fsp3) is 0.483. The molecular weight excluding hydrogens is 479 g/mol.